The highest BCUT2D eigenvalue weighted by molar-refractivity contribution is 5.65. The first-order valence-electron chi connectivity index (χ1n) is 4.71. The summed E-state index contributed by atoms with van der Waals surface area (Å²) in [6.07, 6.45) is 1.72. The Bertz CT molecular complexity index is 344. The van der Waals surface area contributed by atoms with Crippen molar-refractivity contribution in [3.05, 3.63) is 36.4 Å². The number of carbonyl (C=O) groups excluding carboxylic acids is 1. The van der Waals surface area contributed by atoms with E-state index in [4.69, 9.17) is 9.47 Å². The summed E-state index contributed by atoms with van der Waals surface area (Å²) in [4.78, 5) is 10.5. The molecule has 1 aromatic carbocycles. The zero-order valence-corrected chi connectivity index (χ0v) is 8.73. The lowest BCUT2D eigenvalue weighted by Crippen LogP contribution is -2.09. The molecule has 3 heteroatoms. The van der Waals surface area contributed by atoms with Crippen LogP contribution in [0.15, 0.2) is 30.8 Å². The lowest BCUT2D eigenvalue weighted by Gasteiger charge is -2.08. The number of carbonyl (C=O) groups is 1. The summed E-state index contributed by atoms with van der Waals surface area (Å²) in [7, 11) is 0. The molecule has 0 N–H and O–H groups in total. The minimum Gasteiger partial charge on any atom is -0.489 e. The zero-order chi connectivity index (χ0) is 11.1. The fourth-order valence-corrected chi connectivity index (χ4v) is 1.12. The van der Waals surface area contributed by atoms with E-state index in [1.807, 2.05) is 24.3 Å². The quantitative estimate of drug-likeness (QED) is 0.547. The molecule has 0 aliphatic carbocycles. The maximum absolute atomic E-state index is 10.5. The van der Waals surface area contributed by atoms with Crippen molar-refractivity contribution in [1.82, 2.24) is 0 Å². The predicted molar refractivity (Wildman–Crippen MR) is 58.7 cm³/mol. The third-order valence-electron chi connectivity index (χ3n) is 1.79. The maximum atomic E-state index is 10.5. The average Bonchev–Trinajstić information content (AvgIpc) is 2.24. The minimum absolute atomic E-state index is 0.265. The van der Waals surface area contributed by atoms with E-state index in [1.54, 1.807) is 6.08 Å². The SMILES string of the molecule is C=Cc1ccccc1OCCOC(C)=O. The van der Waals surface area contributed by atoms with E-state index in [-0.39, 0.29) is 12.6 Å². The third kappa shape index (κ3) is 3.85. The molecule has 3 nitrogen and oxygen atoms in total. The number of benzene rings is 1. The topological polar surface area (TPSA) is 35.5 Å². The Balaban J connectivity index is 2.43. The van der Waals surface area contributed by atoms with Gasteiger partial charge in [0.25, 0.3) is 0 Å². The first kappa shape index (κ1) is 11.3. The van der Waals surface area contributed by atoms with E-state index in [9.17, 15) is 4.79 Å². The molecule has 0 bridgehead atoms. The zero-order valence-electron chi connectivity index (χ0n) is 8.73. The molecule has 0 aromatic heterocycles. The molecule has 15 heavy (non-hydrogen) atoms. The molecule has 0 unspecified atom stereocenters. The largest absolute Gasteiger partial charge is 0.489 e. The maximum Gasteiger partial charge on any atom is 0.302 e. The van der Waals surface area contributed by atoms with Gasteiger partial charge >= 0.3 is 5.97 Å². The van der Waals surface area contributed by atoms with Gasteiger partial charge < -0.3 is 9.47 Å². The highest BCUT2D eigenvalue weighted by atomic mass is 16.6. The van der Waals surface area contributed by atoms with Crippen molar-refractivity contribution < 1.29 is 14.3 Å². The second-order valence-corrected chi connectivity index (χ2v) is 2.93. The summed E-state index contributed by atoms with van der Waals surface area (Å²) in [5.74, 6) is 0.454. The van der Waals surface area contributed by atoms with Gasteiger partial charge in [0.15, 0.2) is 0 Å². The van der Waals surface area contributed by atoms with Gasteiger partial charge in [0.1, 0.15) is 19.0 Å². The van der Waals surface area contributed by atoms with Crippen LogP contribution >= 0.6 is 0 Å². The number of esters is 1. The van der Waals surface area contributed by atoms with E-state index in [2.05, 4.69) is 6.58 Å². The van der Waals surface area contributed by atoms with Crippen LogP contribution < -0.4 is 4.74 Å². The number of rotatable bonds is 5. The van der Waals surface area contributed by atoms with Gasteiger partial charge in [0.2, 0.25) is 0 Å². The molecule has 80 valence electrons. The van der Waals surface area contributed by atoms with Gasteiger partial charge in [-0.3, -0.25) is 4.79 Å². The summed E-state index contributed by atoms with van der Waals surface area (Å²) in [5, 5.41) is 0. The van der Waals surface area contributed by atoms with Crippen LogP contribution in [0.1, 0.15) is 12.5 Å². The van der Waals surface area contributed by atoms with Crippen molar-refractivity contribution in [3.63, 3.8) is 0 Å². The van der Waals surface area contributed by atoms with Crippen LogP contribution in [0.4, 0.5) is 0 Å². The minimum atomic E-state index is -0.296. The molecule has 0 aliphatic rings. The Kier molecular flexibility index (Phi) is 4.41. The molecular weight excluding hydrogens is 192 g/mol. The highest BCUT2D eigenvalue weighted by Crippen LogP contribution is 2.18. The normalized spacial score (nSPS) is 9.40. The van der Waals surface area contributed by atoms with Gasteiger partial charge in [0, 0.05) is 12.5 Å². The van der Waals surface area contributed by atoms with Crippen molar-refractivity contribution in [2.24, 2.45) is 0 Å². The Morgan fingerprint density at radius 1 is 1.40 bits per heavy atom. The lowest BCUT2D eigenvalue weighted by molar-refractivity contribution is -0.141. The highest BCUT2D eigenvalue weighted by Gasteiger charge is 1.99. The molecule has 0 radical (unpaired) electrons. The smallest absolute Gasteiger partial charge is 0.302 e. The third-order valence-corrected chi connectivity index (χ3v) is 1.79. The van der Waals surface area contributed by atoms with Gasteiger partial charge in [-0.05, 0) is 6.07 Å². The summed E-state index contributed by atoms with van der Waals surface area (Å²) in [6.45, 7) is 5.67. The van der Waals surface area contributed by atoms with E-state index in [0.717, 1.165) is 11.3 Å². The number of ether oxygens (including phenoxy) is 2. The van der Waals surface area contributed by atoms with Crippen molar-refractivity contribution >= 4 is 12.0 Å². The average molecular weight is 206 g/mol. The number of para-hydroxylation sites is 1. The summed E-state index contributed by atoms with van der Waals surface area (Å²) < 4.78 is 10.2. The summed E-state index contributed by atoms with van der Waals surface area (Å²) in [5.41, 5.74) is 0.931. The van der Waals surface area contributed by atoms with Crippen LogP contribution in [0.2, 0.25) is 0 Å². The Labute approximate surface area is 89.3 Å². The molecule has 0 amide bonds. The van der Waals surface area contributed by atoms with Crippen LogP contribution in [0.3, 0.4) is 0 Å². The monoisotopic (exact) mass is 206 g/mol. The van der Waals surface area contributed by atoms with E-state index >= 15 is 0 Å². The molecule has 0 atom stereocenters. The Morgan fingerprint density at radius 2 is 2.13 bits per heavy atom. The molecule has 0 saturated heterocycles. The molecule has 0 saturated carbocycles. The number of hydrogen-bond acceptors (Lipinski definition) is 3. The van der Waals surface area contributed by atoms with Gasteiger partial charge in [-0.2, -0.15) is 0 Å². The van der Waals surface area contributed by atoms with E-state index in [1.165, 1.54) is 6.92 Å². The molecule has 0 spiro atoms. The summed E-state index contributed by atoms with van der Waals surface area (Å²) in [6, 6.07) is 7.56. The van der Waals surface area contributed by atoms with Crippen LogP contribution in [0, 0.1) is 0 Å². The molecule has 1 rings (SSSR count). The van der Waals surface area contributed by atoms with Crippen molar-refractivity contribution in [1.29, 1.82) is 0 Å². The molecule has 1 aromatic rings. The molecule has 0 aliphatic heterocycles. The standard InChI is InChI=1S/C12H14O3/c1-3-11-6-4-5-7-12(11)15-9-8-14-10(2)13/h3-7H,1,8-9H2,2H3. The Hall–Kier alpha value is -1.77. The first-order chi connectivity index (χ1) is 7.24. The second kappa shape index (κ2) is 5.86. The van der Waals surface area contributed by atoms with Crippen LogP contribution in [0.5, 0.6) is 5.75 Å². The first-order valence-corrected chi connectivity index (χ1v) is 4.71. The second-order valence-electron chi connectivity index (χ2n) is 2.93. The fourth-order valence-electron chi connectivity index (χ4n) is 1.12. The predicted octanol–water partition coefficient (Wildman–Crippen LogP) is 2.27. The van der Waals surface area contributed by atoms with E-state index < -0.39 is 0 Å². The molecule has 0 fully saturated rings. The van der Waals surface area contributed by atoms with Gasteiger partial charge in [-0.15, -0.1) is 0 Å². The van der Waals surface area contributed by atoms with E-state index in [0.29, 0.717) is 6.61 Å². The van der Waals surface area contributed by atoms with Crippen LogP contribution in [-0.2, 0) is 9.53 Å². The van der Waals surface area contributed by atoms with Crippen LogP contribution in [0.25, 0.3) is 6.08 Å². The lowest BCUT2D eigenvalue weighted by atomic mass is 10.2. The fraction of sp³-hybridized carbons (Fsp3) is 0.250. The molecule has 0 heterocycles. The van der Waals surface area contributed by atoms with Crippen molar-refractivity contribution in [2.45, 2.75) is 6.92 Å². The van der Waals surface area contributed by atoms with Crippen molar-refractivity contribution in [2.75, 3.05) is 13.2 Å². The Morgan fingerprint density at radius 3 is 2.80 bits per heavy atom. The van der Waals surface area contributed by atoms with Gasteiger partial charge in [0.05, 0.1) is 0 Å². The van der Waals surface area contributed by atoms with Gasteiger partial charge in [-0.1, -0.05) is 30.9 Å². The van der Waals surface area contributed by atoms with Gasteiger partial charge in [-0.25, -0.2) is 0 Å². The van der Waals surface area contributed by atoms with Crippen molar-refractivity contribution in [3.8, 4) is 5.75 Å². The van der Waals surface area contributed by atoms with Crippen LogP contribution in [-0.4, -0.2) is 19.2 Å². The molecular formula is C12H14O3. The summed E-state index contributed by atoms with van der Waals surface area (Å²) >= 11 is 0. The number of hydrogen-bond donors (Lipinski definition) is 0.